The van der Waals surface area contributed by atoms with Crippen LogP contribution in [-0.2, 0) is 13.3 Å². The number of benzene rings is 2. The van der Waals surface area contributed by atoms with Gasteiger partial charge < -0.3 is 13.3 Å². The monoisotopic (exact) mass is 405 g/mol. The minimum Gasteiger partial charge on any atom is -0.361 e. The Morgan fingerprint density at radius 1 is 0.704 bits per heavy atom. The van der Waals surface area contributed by atoms with Gasteiger partial charge in [-0.2, -0.15) is 0 Å². The van der Waals surface area contributed by atoms with Gasteiger partial charge in [-0.3, -0.25) is 0 Å². The van der Waals surface area contributed by atoms with Crippen molar-refractivity contribution in [2.45, 2.75) is 34.1 Å². The maximum atomic E-state index is 6.29. The van der Waals surface area contributed by atoms with E-state index in [1.165, 1.54) is 10.6 Å². The van der Waals surface area contributed by atoms with Crippen LogP contribution >= 0.6 is 8.07 Å². The van der Waals surface area contributed by atoms with E-state index in [0.717, 1.165) is 13.0 Å². The van der Waals surface area contributed by atoms with Gasteiger partial charge in [0.15, 0.2) is 0 Å². The molecular formula is C21H32NO3PSi. The molecule has 0 fully saturated rings. The van der Waals surface area contributed by atoms with E-state index < -0.39 is 17.0 Å². The van der Waals surface area contributed by atoms with Crippen LogP contribution in [0.5, 0.6) is 0 Å². The zero-order valence-corrected chi connectivity index (χ0v) is 18.8. The predicted molar refractivity (Wildman–Crippen MR) is 117 cm³/mol. The summed E-state index contributed by atoms with van der Waals surface area (Å²) in [4.78, 5) is 0. The molecular weight excluding hydrogens is 373 g/mol. The standard InChI is InChI=1S/C21H32NO3PSi/c1-5-19-22(27(23-6-2,24-7-3)25-8-4)26(20-15-11-9-12-16-20)21-17-13-10-14-18-21/h9-18H,5-8,19H2,1-4H3. The summed E-state index contributed by atoms with van der Waals surface area (Å²) in [7, 11) is -3.84. The van der Waals surface area contributed by atoms with Crippen LogP contribution in [0, 0.1) is 0 Å². The van der Waals surface area contributed by atoms with Gasteiger partial charge in [-0.15, -0.1) is 0 Å². The molecule has 0 radical (unpaired) electrons. The van der Waals surface area contributed by atoms with E-state index in [4.69, 9.17) is 13.3 Å². The number of hydrogen-bond donors (Lipinski definition) is 0. The Bertz CT molecular complexity index is 588. The van der Waals surface area contributed by atoms with Crippen LogP contribution in [0.4, 0.5) is 0 Å². The maximum Gasteiger partial charge on any atom is 0.603 e. The Kier molecular flexibility index (Phi) is 9.63. The summed E-state index contributed by atoms with van der Waals surface area (Å²) in [5.41, 5.74) is 0. The molecule has 0 amide bonds. The van der Waals surface area contributed by atoms with Crippen molar-refractivity contribution in [1.29, 1.82) is 0 Å². The molecule has 0 aromatic heterocycles. The van der Waals surface area contributed by atoms with Crippen molar-refractivity contribution >= 4 is 27.6 Å². The van der Waals surface area contributed by atoms with Crippen molar-refractivity contribution in [3.63, 3.8) is 0 Å². The second-order valence-electron chi connectivity index (χ2n) is 5.93. The lowest BCUT2D eigenvalue weighted by Gasteiger charge is -2.42. The highest BCUT2D eigenvalue weighted by molar-refractivity contribution is 7.72. The van der Waals surface area contributed by atoms with Crippen molar-refractivity contribution in [1.82, 2.24) is 4.34 Å². The van der Waals surface area contributed by atoms with Crippen LogP contribution < -0.4 is 10.6 Å². The second-order valence-corrected chi connectivity index (χ2v) is 10.9. The SMILES string of the molecule is CCCN(P(c1ccccc1)c1ccccc1)[Si](OCC)(OCC)OCC. The molecule has 0 unspecified atom stereocenters. The molecule has 0 heterocycles. The summed E-state index contributed by atoms with van der Waals surface area (Å²) in [6, 6.07) is 21.3. The largest absolute Gasteiger partial charge is 0.603 e. The van der Waals surface area contributed by atoms with Crippen molar-refractivity contribution < 1.29 is 13.3 Å². The van der Waals surface area contributed by atoms with E-state index in [-0.39, 0.29) is 0 Å². The molecule has 0 spiro atoms. The van der Waals surface area contributed by atoms with Gasteiger partial charge in [-0.05, 0) is 37.8 Å². The van der Waals surface area contributed by atoms with E-state index in [0.29, 0.717) is 19.8 Å². The van der Waals surface area contributed by atoms with Crippen molar-refractivity contribution in [3.05, 3.63) is 60.7 Å². The third-order valence-electron chi connectivity index (χ3n) is 3.97. The Morgan fingerprint density at radius 2 is 1.11 bits per heavy atom. The molecule has 0 aliphatic heterocycles. The Morgan fingerprint density at radius 3 is 1.44 bits per heavy atom. The summed E-state index contributed by atoms with van der Waals surface area (Å²) in [5.74, 6) is 0. The molecule has 0 N–H and O–H groups in total. The number of hydrogen-bond acceptors (Lipinski definition) is 4. The smallest absolute Gasteiger partial charge is 0.361 e. The Balaban J connectivity index is 2.61. The van der Waals surface area contributed by atoms with Crippen molar-refractivity contribution in [2.24, 2.45) is 0 Å². The first-order valence-corrected chi connectivity index (χ1v) is 12.8. The van der Waals surface area contributed by atoms with Crippen molar-refractivity contribution in [2.75, 3.05) is 26.4 Å². The van der Waals surface area contributed by atoms with Gasteiger partial charge in [0.1, 0.15) is 0 Å². The van der Waals surface area contributed by atoms with Gasteiger partial charge in [0.25, 0.3) is 0 Å². The van der Waals surface area contributed by atoms with Crippen LogP contribution in [0.15, 0.2) is 60.7 Å². The van der Waals surface area contributed by atoms with E-state index in [1.54, 1.807) is 0 Å². The van der Waals surface area contributed by atoms with Crippen LogP contribution in [0.2, 0.25) is 0 Å². The third-order valence-corrected chi connectivity index (χ3v) is 10.4. The van der Waals surface area contributed by atoms with Gasteiger partial charge in [0.2, 0.25) is 0 Å². The second kappa shape index (κ2) is 11.7. The van der Waals surface area contributed by atoms with E-state index in [2.05, 4.69) is 71.9 Å². The lowest BCUT2D eigenvalue weighted by Crippen LogP contribution is -2.60. The highest BCUT2D eigenvalue weighted by Crippen LogP contribution is 2.43. The summed E-state index contributed by atoms with van der Waals surface area (Å²) in [6.07, 6.45) is 1.00. The predicted octanol–water partition coefficient (Wildman–Crippen LogP) is 4.29. The molecule has 2 rings (SSSR count). The summed E-state index contributed by atoms with van der Waals surface area (Å²) >= 11 is 0. The van der Waals surface area contributed by atoms with Crippen molar-refractivity contribution in [3.8, 4) is 0 Å². The van der Waals surface area contributed by atoms with Crippen LogP contribution in [-0.4, -0.2) is 39.7 Å². The Hall–Kier alpha value is -1.07. The molecule has 0 saturated carbocycles. The van der Waals surface area contributed by atoms with E-state index in [9.17, 15) is 0 Å². The normalized spacial score (nSPS) is 12.1. The van der Waals surface area contributed by atoms with Crippen LogP contribution in [0.3, 0.4) is 0 Å². The first-order valence-electron chi connectivity index (χ1n) is 9.82. The molecule has 4 nitrogen and oxygen atoms in total. The average Bonchev–Trinajstić information content (AvgIpc) is 2.70. The quantitative estimate of drug-likeness (QED) is 0.389. The molecule has 0 saturated heterocycles. The highest BCUT2D eigenvalue weighted by Gasteiger charge is 2.52. The van der Waals surface area contributed by atoms with Gasteiger partial charge in [0, 0.05) is 34.4 Å². The molecule has 0 aliphatic carbocycles. The number of nitrogens with zero attached hydrogens (tertiary/aromatic N) is 1. The summed E-state index contributed by atoms with van der Waals surface area (Å²) < 4.78 is 21.3. The fourth-order valence-corrected chi connectivity index (χ4v) is 9.68. The topological polar surface area (TPSA) is 30.9 Å². The van der Waals surface area contributed by atoms with Gasteiger partial charge >= 0.3 is 8.97 Å². The van der Waals surface area contributed by atoms with E-state index in [1.807, 2.05) is 20.8 Å². The van der Waals surface area contributed by atoms with Gasteiger partial charge in [-0.25, -0.2) is 4.34 Å². The zero-order chi connectivity index (χ0) is 19.5. The highest BCUT2D eigenvalue weighted by atomic mass is 31.1. The fraction of sp³-hybridized carbons (Fsp3) is 0.429. The lowest BCUT2D eigenvalue weighted by molar-refractivity contribution is 0.0390. The molecule has 0 bridgehead atoms. The molecule has 148 valence electrons. The van der Waals surface area contributed by atoms with Gasteiger partial charge in [0.05, 0.1) is 0 Å². The Labute approximate surface area is 166 Å². The molecule has 2 aromatic carbocycles. The minimum atomic E-state index is -3.01. The third kappa shape index (κ3) is 5.70. The molecule has 27 heavy (non-hydrogen) atoms. The maximum absolute atomic E-state index is 6.29. The lowest BCUT2D eigenvalue weighted by atomic mass is 10.4. The molecule has 2 aromatic rings. The average molecular weight is 406 g/mol. The summed E-state index contributed by atoms with van der Waals surface area (Å²) in [5, 5.41) is 2.56. The van der Waals surface area contributed by atoms with Gasteiger partial charge in [-0.1, -0.05) is 67.6 Å². The first-order chi connectivity index (χ1) is 13.2. The molecule has 6 heteroatoms. The zero-order valence-electron chi connectivity index (χ0n) is 16.9. The first kappa shape index (κ1) is 22.2. The molecule has 0 aliphatic rings. The fourth-order valence-electron chi connectivity index (χ4n) is 3.03. The summed E-state index contributed by atoms with van der Waals surface area (Å²) in [6.45, 7) is 10.8. The molecule has 0 atom stereocenters. The van der Waals surface area contributed by atoms with E-state index >= 15 is 0 Å². The van der Waals surface area contributed by atoms with Crippen LogP contribution in [0.1, 0.15) is 34.1 Å². The van der Waals surface area contributed by atoms with Crippen LogP contribution in [0.25, 0.3) is 0 Å². The minimum absolute atomic E-state index is 0.569. The number of rotatable bonds is 12.